The van der Waals surface area contributed by atoms with Gasteiger partial charge in [0.2, 0.25) is 0 Å². The molecule has 1 aromatic rings. The molecule has 0 bridgehead atoms. The van der Waals surface area contributed by atoms with Crippen molar-refractivity contribution in [1.29, 1.82) is 0 Å². The van der Waals surface area contributed by atoms with E-state index < -0.39 is 0 Å². The lowest BCUT2D eigenvalue weighted by atomic mass is 10.1. The molecule has 0 saturated carbocycles. The number of rotatable bonds is 4. The number of likely N-dealkylation sites (tertiary alicyclic amines) is 1. The molecule has 17 heavy (non-hydrogen) atoms. The number of furan rings is 1. The minimum absolute atomic E-state index is 0.0320. The number of amides is 1. The van der Waals surface area contributed by atoms with Gasteiger partial charge in [0, 0.05) is 24.0 Å². The van der Waals surface area contributed by atoms with Gasteiger partial charge in [-0.2, -0.15) is 0 Å². The molecule has 1 aliphatic rings. The standard InChI is InChI=1S/C13H18ClNO2/c1-10-6-9-17-12(10)13(16)15-8-3-5-11(15)4-2-7-14/h6,9,11H,2-5,7-8H2,1H3. The van der Waals surface area contributed by atoms with Crippen LogP contribution >= 0.6 is 11.6 Å². The van der Waals surface area contributed by atoms with Crippen LogP contribution in [0.4, 0.5) is 0 Å². The highest BCUT2D eigenvalue weighted by Gasteiger charge is 2.30. The molecule has 0 aromatic carbocycles. The molecule has 1 unspecified atom stereocenters. The van der Waals surface area contributed by atoms with Gasteiger partial charge in [-0.1, -0.05) is 0 Å². The lowest BCUT2D eigenvalue weighted by Gasteiger charge is -2.23. The van der Waals surface area contributed by atoms with E-state index in [1.807, 2.05) is 17.9 Å². The minimum atomic E-state index is 0.0320. The first-order valence-electron chi connectivity index (χ1n) is 6.15. The van der Waals surface area contributed by atoms with Crippen LogP contribution in [-0.2, 0) is 0 Å². The van der Waals surface area contributed by atoms with E-state index in [1.54, 1.807) is 6.26 Å². The van der Waals surface area contributed by atoms with E-state index in [0.29, 0.717) is 17.7 Å². The molecule has 94 valence electrons. The topological polar surface area (TPSA) is 33.5 Å². The molecule has 3 nitrogen and oxygen atoms in total. The van der Waals surface area contributed by atoms with Crippen LogP contribution in [0.2, 0.25) is 0 Å². The van der Waals surface area contributed by atoms with Crippen LogP contribution in [0.25, 0.3) is 0 Å². The molecule has 1 atom stereocenters. The molecule has 1 aromatic heterocycles. The lowest BCUT2D eigenvalue weighted by Crippen LogP contribution is -2.35. The molecule has 1 amide bonds. The second-order valence-corrected chi connectivity index (χ2v) is 4.94. The van der Waals surface area contributed by atoms with Crippen molar-refractivity contribution >= 4 is 17.5 Å². The Morgan fingerprint density at radius 2 is 2.47 bits per heavy atom. The Bertz CT molecular complexity index is 389. The van der Waals surface area contributed by atoms with Crippen molar-refractivity contribution in [2.75, 3.05) is 12.4 Å². The molecule has 2 rings (SSSR count). The largest absolute Gasteiger partial charge is 0.459 e. The zero-order valence-electron chi connectivity index (χ0n) is 10.1. The van der Waals surface area contributed by atoms with Crippen molar-refractivity contribution < 1.29 is 9.21 Å². The van der Waals surface area contributed by atoms with Gasteiger partial charge in [0.15, 0.2) is 5.76 Å². The van der Waals surface area contributed by atoms with Crippen LogP contribution in [0, 0.1) is 6.92 Å². The number of carbonyl (C=O) groups is 1. The van der Waals surface area contributed by atoms with E-state index in [9.17, 15) is 4.79 Å². The quantitative estimate of drug-likeness (QED) is 0.774. The number of alkyl halides is 1. The highest BCUT2D eigenvalue weighted by Crippen LogP contribution is 2.24. The van der Waals surface area contributed by atoms with Crippen LogP contribution < -0.4 is 0 Å². The van der Waals surface area contributed by atoms with Gasteiger partial charge in [-0.25, -0.2) is 0 Å². The summed E-state index contributed by atoms with van der Waals surface area (Å²) in [5.74, 6) is 1.19. The van der Waals surface area contributed by atoms with Crippen molar-refractivity contribution in [3.05, 3.63) is 23.7 Å². The number of aryl methyl sites for hydroxylation is 1. The number of halogens is 1. The lowest BCUT2D eigenvalue weighted by molar-refractivity contribution is 0.0697. The maximum absolute atomic E-state index is 12.3. The van der Waals surface area contributed by atoms with Crippen molar-refractivity contribution in [3.8, 4) is 0 Å². The van der Waals surface area contributed by atoms with E-state index in [0.717, 1.165) is 37.8 Å². The SMILES string of the molecule is Cc1ccoc1C(=O)N1CCCC1CCCCl. The maximum Gasteiger partial charge on any atom is 0.290 e. The Hall–Kier alpha value is -0.960. The van der Waals surface area contributed by atoms with Gasteiger partial charge < -0.3 is 9.32 Å². The first-order chi connectivity index (χ1) is 8.24. The Labute approximate surface area is 107 Å². The normalized spacial score (nSPS) is 19.9. The predicted molar refractivity (Wildman–Crippen MR) is 67.5 cm³/mol. The molecule has 0 radical (unpaired) electrons. The smallest absolute Gasteiger partial charge is 0.290 e. The predicted octanol–water partition coefficient (Wildman–Crippen LogP) is 3.21. The first-order valence-corrected chi connectivity index (χ1v) is 6.68. The molecular formula is C13H18ClNO2. The number of hydrogen-bond donors (Lipinski definition) is 0. The van der Waals surface area contributed by atoms with Gasteiger partial charge >= 0.3 is 0 Å². The summed E-state index contributed by atoms with van der Waals surface area (Å²) in [5.41, 5.74) is 0.915. The highest BCUT2D eigenvalue weighted by atomic mass is 35.5. The molecule has 0 aliphatic carbocycles. The van der Waals surface area contributed by atoms with Gasteiger partial charge in [-0.05, 0) is 38.7 Å². The van der Waals surface area contributed by atoms with Gasteiger partial charge in [0.05, 0.1) is 6.26 Å². The summed E-state index contributed by atoms with van der Waals surface area (Å²) < 4.78 is 5.27. The van der Waals surface area contributed by atoms with E-state index in [2.05, 4.69) is 0 Å². The van der Waals surface area contributed by atoms with Crippen LogP contribution in [0.3, 0.4) is 0 Å². The summed E-state index contributed by atoms with van der Waals surface area (Å²) >= 11 is 5.71. The monoisotopic (exact) mass is 255 g/mol. The summed E-state index contributed by atoms with van der Waals surface area (Å²) in [6.07, 6.45) is 5.70. The van der Waals surface area contributed by atoms with Crippen LogP contribution in [0.5, 0.6) is 0 Å². The molecule has 2 heterocycles. The summed E-state index contributed by atoms with van der Waals surface area (Å²) in [6.45, 7) is 2.74. The summed E-state index contributed by atoms with van der Waals surface area (Å²) in [4.78, 5) is 14.2. The zero-order valence-corrected chi connectivity index (χ0v) is 10.9. The first kappa shape index (κ1) is 12.5. The minimum Gasteiger partial charge on any atom is -0.459 e. The third kappa shape index (κ3) is 2.65. The van der Waals surface area contributed by atoms with Gasteiger partial charge in [0.1, 0.15) is 0 Å². The summed E-state index contributed by atoms with van der Waals surface area (Å²) in [5, 5.41) is 0. The molecular weight excluding hydrogens is 238 g/mol. The average Bonchev–Trinajstić information content (AvgIpc) is 2.94. The van der Waals surface area contributed by atoms with E-state index in [4.69, 9.17) is 16.0 Å². The van der Waals surface area contributed by atoms with Crippen LogP contribution in [0.15, 0.2) is 16.7 Å². The molecule has 1 saturated heterocycles. The Balaban J connectivity index is 2.06. The molecule has 1 fully saturated rings. The molecule has 0 N–H and O–H groups in total. The van der Waals surface area contributed by atoms with Gasteiger partial charge in [-0.15, -0.1) is 11.6 Å². The van der Waals surface area contributed by atoms with Crippen molar-refractivity contribution in [2.24, 2.45) is 0 Å². The van der Waals surface area contributed by atoms with E-state index in [1.165, 1.54) is 0 Å². The van der Waals surface area contributed by atoms with Crippen molar-refractivity contribution in [3.63, 3.8) is 0 Å². The fraction of sp³-hybridized carbons (Fsp3) is 0.615. The third-order valence-corrected chi connectivity index (χ3v) is 3.63. The highest BCUT2D eigenvalue weighted by molar-refractivity contribution is 6.17. The fourth-order valence-corrected chi connectivity index (χ4v) is 2.59. The maximum atomic E-state index is 12.3. The van der Waals surface area contributed by atoms with E-state index >= 15 is 0 Å². The number of nitrogens with zero attached hydrogens (tertiary/aromatic N) is 1. The average molecular weight is 256 g/mol. The summed E-state index contributed by atoms with van der Waals surface area (Å²) in [6, 6.07) is 2.17. The zero-order chi connectivity index (χ0) is 12.3. The van der Waals surface area contributed by atoms with Crippen molar-refractivity contribution in [1.82, 2.24) is 4.90 Å². The fourth-order valence-electron chi connectivity index (χ4n) is 2.44. The summed E-state index contributed by atoms with van der Waals surface area (Å²) in [7, 11) is 0. The Morgan fingerprint density at radius 3 is 3.12 bits per heavy atom. The van der Waals surface area contributed by atoms with Crippen molar-refractivity contribution in [2.45, 2.75) is 38.6 Å². The molecule has 4 heteroatoms. The number of hydrogen-bond acceptors (Lipinski definition) is 2. The molecule has 1 aliphatic heterocycles. The van der Waals surface area contributed by atoms with Crippen LogP contribution in [0.1, 0.15) is 41.8 Å². The second kappa shape index (κ2) is 5.58. The van der Waals surface area contributed by atoms with E-state index in [-0.39, 0.29) is 5.91 Å². The second-order valence-electron chi connectivity index (χ2n) is 4.56. The Kier molecular flexibility index (Phi) is 4.11. The van der Waals surface area contributed by atoms with Gasteiger partial charge in [0.25, 0.3) is 5.91 Å². The molecule has 0 spiro atoms. The van der Waals surface area contributed by atoms with Gasteiger partial charge in [-0.3, -0.25) is 4.79 Å². The Morgan fingerprint density at radius 1 is 1.65 bits per heavy atom. The van der Waals surface area contributed by atoms with Crippen LogP contribution in [-0.4, -0.2) is 29.3 Å². The third-order valence-electron chi connectivity index (χ3n) is 3.37. The number of carbonyl (C=O) groups excluding carboxylic acids is 1.